The highest BCUT2D eigenvalue weighted by Crippen LogP contribution is 2.21. The second kappa shape index (κ2) is 8.50. The van der Waals surface area contributed by atoms with Gasteiger partial charge in [0.1, 0.15) is 5.69 Å². The van der Waals surface area contributed by atoms with Gasteiger partial charge in [0.25, 0.3) is 5.91 Å². The maximum atomic E-state index is 12.3. The zero-order valence-electron chi connectivity index (χ0n) is 13.8. The number of hydrogen-bond donors (Lipinski definition) is 2. The van der Waals surface area contributed by atoms with Crippen LogP contribution in [-0.2, 0) is 6.42 Å². The van der Waals surface area contributed by atoms with Crippen LogP contribution >= 0.6 is 23.2 Å². The Morgan fingerprint density at radius 1 is 1.20 bits per heavy atom. The van der Waals surface area contributed by atoms with E-state index in [0.717, 1.165) is 18.4 Å². The number of anilines is 1. The predicted molar refractivity (Wildman–Crippen MR) is 100 cm³/mol. The van der Waals surface area contributed by atoms with Gasteiger partial charge >= 0.3 is 0 Å². The van der Waals surface area contributed by atoms with Gasteiger partial charge in [0, 0.05) is 28.8 Å². The van der Waals surface area contributed by atoms with Gasteiger partial charge < -0.3 is 10.6 Å². The fourth-order valence-electron chi connectivity index (χ4n) is 2.93. The average molecular weight is 379 g/mol. The molecule has 0 saturated heterocycles. The second-order valence-corrected chi connectivity index (χ2v) is 6.98. The molecule has 0 bridgehead atoms. The number of aromatic nitrogens is 2. The van der Waals surface area contributed by atoms with Crippen LogP contribution in [0.2, 0.25) is 10.0 Å². The topological polar surface area (TPSA) is 66.9 Å². The summed E-state index contributed by atoms with van der Waals surface area (Å²) in [5.41, 5.74) is 1.30. The minimum absolute atomic E-state index is 0.220. The third-order valence-electron chi connectivity index (χ3n) is 4.27. The lowest BCUT2D eigenvalue weighted by molar-refractivity contribution is 0.0949. The van der Waals surface area contributed by atoms with E-state index < -0.39 is 0 Å². The van der Waals surface area contributed by atoms with Crippen LogP contribution in [0.15, 0.2) is 30.5 Å². The number of carbonyl (C=O) groups excluding carboxylic acids is 1. The Kier molecular flexibility index (Phi) is 6.10. The molecule has 1 heterocycles. The van der Waals surface area contributed by atoms with Crippen molar-refractivity contribution in [3.63, 3.8) is 0 Å². The first-order valence-electron chi connectivity index (χ1n) is 8.43. The summed E-state index contributed by atoms with van der Waals surface area (Å²) >= 11 is 12.0. The molecule has 25 heavy (non-hydrogen) atoms. The molecule has 1 aliphatic carbocycles. The van der Waals surface area contributed by atoms with Crippen molar-refractivity contribution >= 4 is 35.1 Å². The Morgan fingerprint density at radius 2 is 2.00 bits per heavy atom. The average Bonchev–Trinajstić information content (AvgIpc) is 3.10. The van der Waals surface area contributed by atoms with Crippen LogP contribution in [0.5, 0.6) is 0 Å². The zero-order valence-corrected chi connectivity index (χ0v) is 15.3. The summed E-state index contributed by atoms with van der Waals surface area (Å²) in [5, 5.41) is 7.36. The number of hydrogen-bond acceptors (Lipinski definition) is 4. The molecule has 132 valence electrons. The molecule has 7 heteroatoms. The molecule has 2 aromatic rings. The second-order valence-electron chi connectivity index (χ2n) is 6.13. The Labute approximate surface area is 157 Å². The molecule has 1 aromatic heterocycles. The molecular formula is C18H20Cl2N4O. The molecule has 0 aliphatic heterocycles. The zero-order chi connectivity index (χ0) is 17.6. The Balaban J connectivity index is 1.54. The van der Waals surface area contributed by atoms with E-state index in [0.29, 0.717) is 40.7 Å². The summed E-state index contributed by atoms with van der Waals surface area (Å²) in [6.07, 6.45) is 6.94. The Hall–Kier alpha value is -1.85. The molecule has 1 saturated carbocycles. The summed E-state index contributed by atoms with van der Waals surface area (Å²) in [6.45, 7) is 0.468. The summed E-state index contributed by atoms with van der Waals surface area (Å²) in [6, 6.07) is 7.38. The third-order valence-corrected chi connectivity index (χ3v) is 4.86. The number of carbonyl (C=O) groups is 1. The van der Waals surface area contributed by atoms with E-state index in [2.05, 4.69) is 20.6 Å². The van der Waals surface area contributed by atoms with Crippen molar-refractivity contribution in [2.24, 2.45) is 0 Å². The first-order valence-corrected chi connectivity index (χ1v) is 9.19. The molecule has 0 atom stereocenters. The highest BCUT2D eigenvalue weighted by molar-refractivity contribution is 6.35. The molecular weight excluding hydrogens is 359 g/mol. The van der Waals surface area contributed by atoms with Crippen molar-refractivity contribution < 1.29 is 4.79 Å². The van der Waals surface area contributed by atoms with Gasteiger partial charge in [-0.05, 0) is 43.0 Å². The number of nitrogens with zero attached hydrogens (tertiary/aromatic N) is 2. The van der Waals surface area contributed by atoms with Crippen molar-refractivity contribution in [2.75, 3.05) is 11.9 Å². The molecule has 1 aromatic carbocycles. The lowest BCUT2D eigenvalue weighted by atomic mass is 10.1. The number of amides is 1. The first-order chi connectivity index (χ1) is 12.1. The number of rotatable bonds is 6. The van der Waals surface area contributed by atoms with E-state index >= 15 is 0 Å². The third kappa shape index (κ3) is 5.06. The fraction of sp³-hybridized carbons (Fsp3) is 0.389. The van der Waals surface area contributed by atoms with Crippen LogP contribution in [0.1, 0.15) is 41.7 Å². The van der Waals surface area contributed by atoms with Gasteiger partial charge in [-0.2, -0.15) is 0 Å². The van der Waals surface area contributed by atoms with Crippen LogP contribution < -0.4 is 10.6 Å². The van der Waals surface area contributed by atoms with E-state index in [1.807, 2.05) is 6.07 Å². The van der Waals surface area contributed by atoms with Crippen LogP contribution in [0.4, 0.5) is 5.95 Å². The molecule has 1 aliphatic rings. The molecule has 2 N–H and O–H groups in total. The summed E-state index contributed by atoms with van der Waals surface area (Å²) in [4.78, 5) is 20.8. The van der Waals surface area contributed by atoms with Gasteiger partial charge in [-0.15, -0.1) is 0 Å². The van der Waals surface area contributed by atoms with Crippen molar-refractivity contribution in [1.82, 2.24) is 15.3 Å². The quantitative estimate of drug-likeness (QED) is 0.793. The van der Waals surface area contributed by atoms with E-state index in [1.165, 1.54) is 12.8 Å². The van der Waals surface area contributed by atoms with Crippen LogP contribution in [-0.4, -0.2) is 28.5 Å². The lowest BCUT2D eigenvalue weighted by Crippen LogP contribution is -2.27. The van der Waals surface area contributed by atoms with Gasteiger partial charge in [-0.1, -0.05) is 42.1 Å². The minimum atomic E-state index is -0.220. The van der Waals surface area contributed by atoms with Gasteiger partial charge in [0.05, 0.1) is 0 Å². The van der Waals surface area contributed by atoms with Gasteiger partial charge in [-0.25, -0.2) is 9.97 Å². The highest BCUT2D eigenvalue weighted by atomic mass is 35.5. The monoisotopic (exact) mass is 378 g/mol. The first kappa shape index (κ1) is 18.0. The van der Waals surface area contributed by atoms with Crippen LogP contribution in [0, 0.1) is 0 Å². The normalized spacial score (nSPS) is 14.5. The summed E-state index contributed by atoms with van der Waals surface area (Å²) in [7, 11) is 0. The SMILES string of the molecule is O=C(NCCc1ccc(Cl)cc1Cl)c1ccnc(NC2CCCC2)n1. The minimum Gasteiger partial charge on any atom is -0.351 e. The van der Waals surface area contributed by atoms with E-state index in [1.54, 1.807) is 24.4 Å². The van der Waals surface area contributed by atoms with Crippen molar-refractivity contribution in [3.8, 4) is 0 Å². The van der Waals surface area contributed by atoms with Crippen LogP contribution in [0.3, 0.4) is 0 Å². The number of benzene rings is 1. The van der Waals surface area contributed by atoms with E-state index in [-0.39, 0.29) is 5.91 Å². The lowest BCUT2D eigenvalue weighted by Gasteiger charge is -2.12. The largest absolute Gasteiger partial charge is 0.351 e. The van der Waals surface area contributed by atoms with Crippen molar-refractivity contribution in [2.45, 2.75) is 38.1 Å². The smallest absolute Gasteiger partial charge is 0.270 e. The number of nitrogens with one attached hydrogen (secondary N) is 2. The summed E-state index contributed by atoms with van der Waals surface area (Å²) in [5.74, 6) is 0.294. The summed E-state index contributed by atoms with van der Waals surface area (Å²) < 4.78 is 0. The maximum absolute atomic E-state index is 12.3. The number of halogens is 2. The molecule has 0 unspecified atom stereocenters. The predicted octanol–water partition coefficient (Wildman–Crippen LogP) is 4.11. The van der Waals surface area contributed by atoms with Gasteiger partial charge in [-0.3, -0.25) is 4.79 Å². The van der Waals surface area contributed by atoms with Crippen molar-refractivity contribution in [1.29, 1.82) is 0 Å². The van der Waals surface area contributed by atoms with Gasteiger partial charge in [0.15, 0.2) is 0 Å². The molecule has 5 nitrogen and oxygen atoms in total. The van der Waals surface area contributed by atoms with E-state index in [9.17, 15) is 4.79 Å². The Bertz CT molecular complexity index is 748. The van der Waals surface area contributed by atoms with Gasteiger partial charge in [0.2, 0.25) is 5.95 Å². The molecule has 3 rings (SSSR count). The standard InChI is InChI=1S/C18H20Cl2N4O/c19-13-6-5-12(15(20)11-13)7-9-21-17(25)16-8-10-22-18(24-16)23-14-3-1-2-4-14/h5-6,8,10-11,14H,1-4,7,9H2,(H,21,25)(H,22,23,24). The fourth-order valence-corrected chi connectivity index (χ4v) is 3.44. The molecule has 0 radical (unpaired) electrons. The molecule has 1 fully saturated rings. The Morgan fingerprint density at radius 3 is 2.76 bits per heavy atom. The van der Waals surface area contributed by atoms with E-state index in [4.69, 9.17) is 23.2 Å². The van der Waals surface area contributed by atoms with Crippen molar-refractivity contribution in [3.05, 3.63) is 51.8 Å². The highest BCUT2D eigenvalue weighted by Gasteiger charge is 2.16. The van der Waals surface area contributed by atoms with Crippen LogP contribution in [0.25, 0.3) is 0 Å². The molecule has 0 spiro atoms. The maximum Gasteiger partial charge on any atom is 0.270 e. The molecule has 1 amide bonds.